The Hall–Kier alpha value is -1.03. The zero-order valence-corrected chi connectivity index (χ0v) is 10.7. The molecule has 2 heterocycles. The minimum absolute atomic E-state index is 0.405. The molecule has 0 saturated heterocycles. The summed E-state index contributed by atoms with van der Waals surface area (Å²) in [5.41, 5.74) is 2.05. The first-order valence-electron chi connectivity index (χ1n) is 5.55. The monoisotopic (exact) mass is 235 g/mol. The van der Waals surface area contributed by atoms with Gasteiger partial charge in [0.1, 0.15) is 0 Å². The Kier molecular flexibility index (Phi) is 3.49. The largest absolute Gasteiger partial charge is 0.334 e. The van der Waals surface area contributed by atoms with Crippen LogP contribution in [0.3, 0.4) is 0 Å². The van der Waals surface area contributed by atoms with Crippen molar-refractivity contribution >= 4 is 22.6 Å². The summed E-state index contributed by atoms with van der Waals surface area (Å²) in [6.45, 7) is 6.39. The van der Waals surface area contributed by atoms with Gasteiger partial charge >= 0.3 is 0 Å². The number of pyridine rings is 1. The molecule has 0 aliphatic carbocycles. The fraction of sp³-hybridized carbons (Fsp3) is 0.500. The third kappa shape index (κ3) is 2.76. The van der Waals surface area contributed by atoms with Crippen LogP contribution in [0.4, 0.5) is 5.69 Å². The van der Waals surface area contributed by atoms with E-state index >= 15 is 0 Å². The lowest BCUT2D eigenvalue weighted by atomic mass is 10.1. The summed E-state index contributed by atoms with van der Waals surface area (Å²) in [5, 5.41) is 4.32. The van der Waals surface area contributed by atoms with E-state index in [-0.39, 0.29) is 0 Å². The van der Waals surface area contributed by atoms with Gasteiger partial charge in [0.05, 0.1) is 17.9 Å². The van der Waals surface area contributed by atoms with Crippen molar-refractivity contribution in [1.29, 1.82) is 0 Å². The minimum Gasteiger partial charge on any atom is -0.334 e. The van der Waals surface area contributed by atoms with Gasteiger partial charge in [0.2, 0.25) is 0 Å². The molecule has 1 aliphatic rings. The van der Waals surface area contributed by atoms with Crippen LogP contribution in [-0.2, 0) is 0 Å². The van der Waals surface area contributed by atoms with Crippen molar-refractivity contribution in [3.8, 4) is 0 Å². The highest BCUT2D eigenvalue weighted by atomic mass is 32.2. The fourth-order valence-corrected chi connectivity index (χ4v) is 2.56. The quantitative estimate of drug-likeness (QED) is 0.813. The molecule has 0 saturated carbocycles. The van der Waals surface area contributed by atoms with Crippen LogP contribution in [0.2, 0.25) is 0 Å². The van der Waals surface area contributed by atoms with E-state index in [1.165, 1.54) is 0 Å². The molecular formula is C12H17N3S. The lowest BCUT2D eigenvalue weighted by molar-refractivity contribution is 0.537. The van der Waals surface area contributed by atoms with E-state index in [1.54, 1.807) is 11.8 Å². The molecule has 2 atom stereocenters. The second-order valence-corrected chi connectivity index (χ2v) is 5.29. The molecule has 2 unspecified atom stereocenters. The number of hydrogen-bond donors (Lipinski definition) is 1. The first kappa shape index (κ1) is 11.5. The Morgan fingerprint density at radius 3 is 2.81 bits per heavy atom. The number of nitrogens with zero attached hydrogens (tertiary/aromatic N) is 2. The SMILES string of the molecule is Cc1ccc(NC2=NC(C)C(C)CS2)cn1. The average Bonchev–Trinajstić information content (AvgIpc) is 2.27. The lowest BCUT2D eigenvalue weighted by Crippen LogP contribution is -2.25. The van der Waals surface area contributed by atoms with Gasteiger partial charge in [0.25, 0.3) is 0 Å². The van der Waals surface area contributed by atoms with Crippen molar-refractivity contribution in [3.63, 3.8) is 0 Å². The Bertz CT molecular complexity index is 386. The lowest BCUT2D eigenvalue weighted by Gasteiger charge is -2.23. The van der Waals surface area contributed by atoms with Gasteiger partial charge in [-0.2, -0.15) is 0 Å². The van der Waals surface area contributed by atoms with E-state index in [2.05, 4.69) is 29.1 Å². The molecule has 1 aromatic rings. The summed E-state index contributed by atoms with van der Waals surface area (Å²) in [6.07, 6.45) is 1.85. The molecule has 1 aliphatic heterocycles. The molecule has 0 radical (unpaired) electrons. The van der Waals surface area contributed by atoms with Crippen molar-refractivity contribution in [3.05, 3.63) is 24.0 Å². The van der Waals surface area contributed by atoms with Gasteiger partial charge in [0, 0.05) is 11.4 Å². The summed E-state index contributed by atoms with van der Waals surface area (Å²) >= 11 is 1.79. The molecule has 1 N–H and O–H groups in total. The van der Waals surface area contributed by atoms with Crippen LogP contribution in [0.5, 0.6) is 0 Å². The van der Waals surface area contributed by atoms with Crippen LogP contribution < -0.4 is 5.32 Å². The van der Waals surface area contributed by atoms with Gasteiger partial charge in [-0.05, 0) is 31.9 Å². The third-order valence-corrected chi connectivity index (χ3v) is 3.96. The van der Waals surface area contributed by atoms with E-state index in [0.29, 0.717) is 12.0 Å². The molecule has 3 nitrogen and oxygen atoms in total. The van der Waals surface area contributed by atoms with Gasteiger partial charge in [-0.25, -0.2) is 0 Å². The Balaban J connectivity index is 2.05. The number of aromatic nitrogens is 1. The fourth-order valence-electron chi connectivity index (χ4n) is 1.43. The smallest absolute Gasteiger partial charge is 0.161 e. The topological polar surface area (TPSA) is 37.3 Å². The normalized spacial score (nSPS) is 25.1. The predicted octanol–water partition coefficient (Wildman–Crippen LogP) is 2.93. The Labute approximate surface area is 101 Å². The summed E-state index contributed by atoms with van der Waals surface area (Å²) in [6, 6.07) is 4.44. The summed E-state index contributed by atoms with van der Waals surface area (Å²) in [5.74, 6) is 1.79. The van der Waals surface area contributed by atoms with E-state index in [4.69, 9.17) is 0 Å². The first-order chi connectivity index (χ1) is 7.65. The van der Waals surface area contributed by atoms with Crippen LogP contribution in [0.25, 0.3) is 0 Å². The van der Waals surface area contributed by atoms with Gasteiger partial charge in [-0.3, -0.25) is 9.98 Å². The number of aliphatic imine (C=N–C) groups is 1. The number of aryl methyl sites for hydroxylation is 1. The summed E-state index contributed by atoms with van der Waals surface area (Å²) < 4.78 is 0. The van der Waals surface area contributed by atoms with Crippen LogP contribution in [0.1, 0.15) is 19.5 Å². The van der Waals surface area contributed by atoms with Gasteiger partial charge < -0.3 is 5.32 Å². The Morgan fingerprint density at radius 1 is 1.38 bits per heavy atom. The molecule has 86 valence electrons. The summed E-state index contributed by atoms with van der Waals surface area (Å²) in [7, 11) is 0. The van der Waals surface area contributed by atoms with Gasteiger partial charge in [0.15, 0.2) is 5.17 Å². The zero-order valence-electron chi connectivity index (χ0n) is 9.90. The summed E-state index contributed by atoms with van der Waals surface area (Å²) in [4.78, 5) is 8.87. The molecule has 0 fully saturated rings. The minimum atomic E-state index is 0.405. The van der Waals surface area contributed by atoms with E-state index in [9.17, 15) is 0 Å². The van der Waals surface area contributed by atoms with E-state index < -0.39 is 0 Å². The number of thioether (sulfide) groups is 1. The molecule has 0 amide bonds. The highest BCUT2D eigenvalue weighted by Gasteiger charge is 2.19. The highest BCUT2D eigenvalue weighted by Crippen LogP contribution is 2.23. The number of amidine groups is 1. The molecule has 0 bridgehead atoms. The van der Waals surface area contributed by atoms with Crippen molar-refractivity contribution in [2.24, 2.45) is 10.9 Å². The second kappa shape index (κ2) is 4.87. The number of rotatable bonds is 1. The van der Waals surface area contributed by atoms with E-state index in [0.717, 1.165) is 22.3 Å². The van der Waals surface area contributed by atoms with Crippen LogP contribution >= 0.6 is 11.8 Å². The Morgan fingerprint density at radius 2 is 2.19 bits per heavy atom. The van der Waals surface area contributed by atoms with Crippen LogP contribution in [-0.4, -0.2) is 21.9 Å². The van der Waals surface area contributed by atoms with Gasteiger partial charge in [-0.1, -0.05) is 18.7 Å². The van der Waals surface area contributed by atoms with E-state index in [1.807, 2.05) is 25.3 Å². The molecule has 0 aromatic carbocycles. The van der Waals surface area contributed by atoms with Gasteiger partial charge in [-0.15, -0.1) is 0 Å². The van der Waals surface area contributed by atoms with Crippen molar-refractivity contribution in [1.82, 2.24) is 4.98 Å². The number of hydrogen-bond acceptors (Lipinski definition) is 4. The molecule has 4 heteroatoms. The van der Waals surface area contributed by atoms with Crippen molar-refractivity contribution in [2.75, 3.05) is 11.1 Å². The van der Waals surface area contributed by atoms with Crippen LogP contribution in [0.15, 0.2) is 23.3 Å². The maximum Gasteiger partial charge on any atom is 0.161 e. The maximum atomic E-state index is 4.62. The predicted molar refractivity (Wildman–Crippen MR) is 71.1 cm³/mol. The third-order valence-electron chi connectivity index (χ3n) is 2.79. The molecule has 0 spiro atoms. The second-order valence-electron chi connectivity index (χ2n) is 4.28. The number of nitrogens with one attached hydrogen (secondary N) is 1. The zero-order chi connectivity index (χ0) is 11.5. The van der Waals surface area contributed by atoms with Crippen molar-refractivity contribution < 1.29 is 0 Å². The highest BCUT2D eigenvalue weighted by molar-refractivity contribution is 8.14. The maximum absolute atomic E-state index is 4.62. The average molecular weight is 235 g/mol. The first-order valence-corrected chi connectivity index (χ1v) is 6.54. The molecular weight excluding hydrogens is 218 g/mol. The standard InChI is InChI=1S/C12H17N3S/c1-8-7-16-12(14-10(8)3)15-11-5-4-9(2)13-6-11/h4-6,8,10H,7H2,1-3H3,(H,14,15). The molecule has 16 heavy (non-hydrogen) atoms. The number of anilines is 1. The van der Waals surface area contributed by atoms with Crippen molar-refractivity contribution in [2.45, 2.75) is 26.8 Å². The molecule has 2 rings (SSSR count). The van der Waals surface area contributed by atoms with Crippen LogP contribution in [0, 0.1) is 12.8 Å². The molecule has 1 aromatic heterocycles.